The fraction of sp³-hybridized carbons (Fsp3) is 0.100. The van der Waals surface area contributed by atoms with Crippen LogP contribution in [0.3, 0.4) is 0 Å². The van der Waals surface area contributed by atoms with Crippen LogP contribution in [0, 0.1) is 0 Å². The number of nitrogens with one attached hydrogen (secondary N) is 1. The Kier molecular flexibility index (Phi) is 1.77. The highest BCUT2D eigenvalue weighted by atomic mass is 16.5. The van der Waals surface area contributed by atoms with Crippen molar-refractivity contribution < 1.29 is 9.53 Å². The second-order valence-electron chi connectivity index (χ2n) is 2.79. The van der Waals surface area contributed by atoms with Crippen LogP contribution in [-0.2, 0) is 4.79 Å². The van der Waals surface area contributed by atoms with Crippen LogP contribution in [0.1, 0.15) is 6.92 Å². The number of benzene rings is 1. The van der Waals surface area contributed by atoms with E-state index in [0.717, 1.165) is 10.9 Å². The fourth-order valence-electron chi connectivity index (χ4n) is 1.28. The van der Waals surface area contributed by atoms with Crippen molar-refractivity contribution in [3.63, 3.8) is 0 Å². The molecule has 0 saturated heterocycles. The van der Waals surface area contributed by atoms with Crippen molar-refractivity contribution >= 4 is 16.9 Å². The lowest BCUT2D eigenvalue weighted by Gasteiger charge is -1.96. The van der Waals surface area contributed by atoms with E-state index in [0.29, 0.717) is 5.75 Å². The quantitative estimate of drug-likeness (QED) is 0.684. The van der Waals surface area contributed by atoms with Crippen molar-refractivity contribution in [3.8, 4) is 5.75 Å². The summed E-state index contributed by atoms with van der Waals surface area (Å²) in [5.74, 6) is 0.285. The SMILES string of the molecule is CC(=O)Oc1c[nH][13c]2[13cH][13cH][13cH][13cH][13c]12. The van der Waals surface area contributed by atoms with Gasteiger partial charge in [-0.1, -0.05) is 12.1 Å². The molecule has 0 atom stereocenters. The van der Waals surface area contributed by atoms with Gasteiger partial charge in [-0.2, -0.15) is 0 Å². The summed E-state index contributed by atoms with van der Waals surface area (Å²) in [5, 5.41) is 0.928. The molecule has 0 saturated carbocycles. The number of aromatic nitrogens is 1. The maximum atomic E-state index is 10.7. The van der Waals surface area contributed by atoms with Crippen LogP contribution in [0.25, 0.3) is 10.9 Å². The molecule has 3 heteroatoms. The minimum Gasteiger partial charge on any atom is -0.424 e. The lowest BCUT2D eigenvalue weighted by molar-refractivity contribution is -0.131. The number of hydrogen-bond donors (Lipinski definition) is 1. The van der Waals surface area contributed by atoms with Gasteiger partial charge < -0.3 is 9.72 Å². The topological polar surface area (TPSA) is 42.1 Å². The van der Waals surface area contributed by atoms with Gasteiger partial charge in [0.05, 0.1) is 0 Å². The summed E-state index contributed by atoms with van der Waals surface area (Å²) in [5.41, 5.74) is 0.971. The minimum absolute atomic E-state index is 0.301. The molecule has 0 unspecified atom stereocenters. The third kappa shape index (κ3) is 1.40. The largest absolute Gasteiger partial charge is 0.424 e. The Hall–Kier alpha value is -1.77. The lowest BCUT2D eigenvalue weighted by atomic mass is 10.7. The van der Waals surface area contributed by atoms with Crippen LogP contribution in [0.2, 0.25) is 0 Å². The second-order valence-corrected chi connectivity index (χ2v) is 2.79. The molecule has 1 aromatic heterocycles. The summed E-state index contributed by atoms with van der Waals surface area (Å²) in [4.78, 5) is 13.7. The standard InChI is InChI=1S/C10H9NO2/c1-7(12)13-10-6-11-9-5-3-2-4-8(9)10/h2-6,11H,1H3/i2+1,3+1,4+1,5+1,8+1,9+1. The highest BCUT2D eigenvalue weighted by Crippen LogP contribution is 2.24. The zero-order valence-corrected chi connectivity index (χ0v) is 7.20. The van der Waals surface area contributed by atoms with Gasteiger partial charge in [-0.25, -0.2) is 0 Å². The summed E-state index contributed by atoms with van der Waals surface area (Å²) in [6, 6.07) is 7.67. The zero-order valence-electron chi connectivity index (χ0n) is 7.20. The molecule has 66 valence electrons. The Morgan fingerprint density at radius 1 is 1.38 bits per heavy atom. The van der Waals surface area contributed by atoms with E-state index >= 15 is 0 Å². The molecule has 3 nitrogen and oxygen atoms in total. The van der Waals surface area contributed by atoms with Gasteiger partial charge in [0.25, 0.3) is 0 Å². The van der Waals surface area contributed by atoms with E-state index in [1.54, 1.807) is 6.20 Å². The number of rotatable bonds is 1. The summed E-state index contributed by atoms with van der Waals surface area (Å²) < 4.78 is 5.00. The summed E-state index contributed by atoms with van der Waals surface area (Å²) >= 11 is 0. The van der Waals surface area contributed by atoms with Crippen LogP contribution in [0.15, 0.2) is 30.5 Å². The fourth-order valence-corrected chi connectivity index (χ4v) is 1.28. The second kappa shape index (κ2) is 2.94. The molecule has 0 aliphatic heterocycles. The molecule has 0 aliphatic carbocycles. The Morgan fingerprint density at radius 3 is 2.92 bits per heavy atom. The van der Waals surface area contributed by atoms with Gasteiger partial charge in [-0.3, -0.25) is 4.79 Å². The van der Waals surface area contributed by atoms with Crippen molar-refractivity contribution in [2.24, 2.45) is 0 Å². The Balaban J connectivity index is 2.51. The molecule has 0 radical (unpaired) electrons. The van der Waals surface area contributed by atoms with E-state index in [9.17, 15) is 4.79 Å². The van der Waals surface area contributed by atoms with Crippen molar-refractivity contribution in [2.75, 3.05) is 0 Å². The van der Waals surface area contributed by atoms with Crippen LogP contribution in [0.4, 0.5) is 0 Å². The third-order valence-corrected chi connectivity index (χ3v) is 1.80. The van der Waals surface area contributed by atoms with Gasteiger partial charge in [-0.15, -0.1) is 0 Å². The van der Waals surface area contributed by atoms with E-state index in [1.807, 2.05) is 24.3 Å². The number of carbonyl (C=O) groups is 1. The molecule has 13 heavy (non-hydrogen) atoms. The van der Waals surface area contributed by atoms with E-state index in [-0.39, 0.29) is 5.97 Å². The van der Waals surface area contributed by atoms with Gasteiger partial charge in [0, 0.05) is 24.0 Å². The number of aromatic amines is 1. The van der Waals surface area contributed by atoms with Crippen LogP contribution < -0.4 is 4.74 Å². The van der Waals surface area contributed by atoms with Gasteiger partial charge in [0.1, 0.15) is 0 Å². The monoisotopic (exact) mass is 181 g/mol. The van der Waals surface area contributed by atoms with Gasteiger partial charge in [0.2, 0.25) is 0 Å². The van der Waals surface area contributed by atoms with E-state index in [2.05, 4.69) is 4.98 Å². The molecular formula is C10H9NO2. The van der Waals surface area contributed by atoms with Gasteiger partial charge in [-0.05, 0) is 12.1 Å². The van der Waals surface area contributed by atoms with Crippen molar-refractivity contribution in [2.45, 2.75) is 6.92 Å². The Labute approximate surface area is 75.3 Å². The Bertz CT molecular complexity index is 445. The van der Waals surface area contributed by atoms with E-state index in [1.165, 1.54) is 6.92 Å². The number of hydrogen-bond acceptors (Lipinski definition) is 2. The number of esters is 1. The molecule has 0 fully saturated rings. The third-order valence-electron chi connectivity index (χ3n) is 1.80. The predicted octanol–water partition coefficient (Wildman–Crippen LogP) is 2.09. The van der Waals surface area contributed by atoms with E-state index < -0.39 is 0 Å². The number of ether oxygens (including phenoxy) is 1. The van der Waals surface area contributed by atoms with Crippen LogP contribution in [0.5, 0.6) is 5.75 Å². The number of carbonyl (C=O) groups excluding carboxylic acids is 1. The molecule has 1 heterocycles. The molecule has 2 aromatic rings. The molecule has 0 spiro atoms. The summed E-state index contributed by atoms with van der Waals surface area (Å²) in [6.07, 6.45) is 1.69. The van der Waals surface area contributed by atoms with Gasteiger partial charge >= 0.3 is 5.97 Å². The van der Waals surface area contributed by atoms with E-state index in [4.69, 9.17) is 4.74 Å². The summed E-state index contributed by atoms with van der Waals surface area (Å²) in [7, 11) is 0. The number of para-hydroxylation sites is 1. The highest BCUT2D eigenvalue weighted by Gasteiger charge is 2.04. The Morgan fingerprint density at radius 2 is 2.15 bits per heavy atom. The maximum Gasteiger partial charge on any atom is 0.308 e. The van der Waals surface area contributed by atoms with Gasteiger partial charge in [0.15, 0.2) is 5.75 Å². The first-order valence-electron chi connectivity index (χ1n) is 4.02. The zero-order chi connectivity index (χ0) is 9.26. The number of H-pyrrole nitrogens is 1. The average Bonchev–Trinajstić information content (AvgIpc) is 2.48. The van der Waals surface area contributed by atoms with Crippen molar-refractivity contribution in [1.29, 1.82) is 0 Å². The number of fused-ring (bicyclic) bond motifs is 1. The first-order valence-corrected chi connectivity index (χ1v) is 4.02. The first-order chi connectivity index (χ1) is 6.27. The minimum atomic E-state index is -0.301. The van der Waals surface area contributed by atoms with Crippen LogP contribution >= 0.6 is 0 Å². The molecule has 0 amide bonds. The lowest BCUT2D eigenvalue weighted by Crippen LogP contribution is -2.00. The molecule has 1 N–H and O–H groups in total. The predicted molar refractivity (Wildman–Crippen MR) is 49.6 cm³/mol. The maximum absolute atomic E-state index is 10.7. The highest BCUT2D eigenvalue weighted by molar-refractivity contribution is 5.88. The molecule has 0 aliphatic rings. The van der Waals surface area contributed by atoms with Crippen molar-refractivity contribution in [1.82, 2.24) is 4.98 Å². The first kappa shape index (κ1) is 7.86. The molecular weight excluding hydrogens is 172 g/mol. The molecule has 1 aromatic carbocycles. The molecule has 0 bridgehead atoms. The average molecular weight is 181 g/mol. The smallest absolute Gasteiger partial charge is 0.308 e. The van der Waals surface area contributed by atoms with Crippen LogP contribution in [-0.4, -0.2) is 11.0 Å². The normalized spacial score (nSPS) is 10.2. The summed E-state index contributed by atoms with van der Waals surface area (Å²) in [6.45, 7) is 1.39. The van der Waals surface area contributed by atoms with Crippen molar-refractivity contribution in [3.05, 3.63) is 30.5 Å². The molecule has 2 rings (SSSR count).